The lowest BCUT2D eigenvalue weighted by Crippen LogP contribution is -2.63. The van der Waals surface area contributed by atoms with Crippen LogP contribution in [0.5, 0.6) is 11.5 Å². The molecule has 0 aromatic heterocycles. The number of ether oxygens (including phenoxy) is 4. The van der Waals surface area contributed by atoms with E-state index in [4.69, 9.17) is 28.0 Å². The number of benzene rings is 2. The summed E-state index contributed by atoms with van der Waals surface area (Å²) < 4.78 is 51.6. The highest BCUT2D eigenvalue weighted by Crippen LogP contribution is 2.60. The number of rotatable bonds is 8. The Balaban J connectivity index is 1.76. The fourth-order valence-corrected chi connectivity index (χ4v) is 6.43. The van der Waals surface area contributed by atoms with Gasteiger partial charge in [0.2, 0.25) is 0 Å². The van der Waals surface area contributed by atoms with Gasteiger partial charge in [-0.3, -0.25) is 0 Å². The summed E-state index contributed by atoms with van der Waals surface area (Å²) in [4.78, 5) is 0. The summed E-state index contributed by atoms with van der Waals surface area (Å²) in [7, 11) is 0.807. The summed E-state index contributed by atoms with van der Waals surface area (Å²) in [6.45, 7) is 2.07. The van der Waals surface area contributed by atoms with E-state index in [-0.39, 0.29) is 6.54 Å². The van der Waals surface area contributed by atoms with E-state index in [2.05, 4.69) is 0 Å². The first-order valence-electron chi connectivity index (χ1n) is 10.1. The molecule has 0 saturated carbocycles. The van der Waals surface area contributed by atoms with Gasteiger partial charge in [-0.05, 0) is 31.2 Å². The van der Waals surface area contributed by atoms with Gasteiger partial charge in [-0.25, -0.2) is 4.57 Å². The van der Waals surface area contributed by atoms with E-state index < -0.39 is 37.9 Å². The predicted octanol–water partition coefficient (Wildman–Crippen LogP) is 3.73. The lowest BCUT2D eigenvalue weighted by atomic mass is 9.94. The average Bonchev–Trinajstić information content (AvgIpc) is 3.09. The molecule has 5 atom stereocenters. The number of nitrogens with zero attached hydrogens (tertiary/aromatic N) is 1. The summed E-state index contributed by atoms with van der Waals surface area (Å²) in [5.41, 5.74) is -1.13. The predicted molar refractivity (Wildman–Crippen MR) is 114 cm³/mol. The van der Waals surface area contributed by atoms with Crippen LogP contribution in [0.15, 0.2) is 60.7 Å². The molecule has 0 amide bonds. The van der Waals surface area contributed by atoms with Crippen LogP contribution >= 0.6 is 7.75 Å². The number of fused-ring (bicyclic) bond motifs is 2. The lowest BCUT2D eigenvalue weighted by molar-refractivity contribution is -0.265. The van der Waals surface area contributed by atoms with Crippen molar-refractivity contribution in [2.24, 2.45) is 0 Å². The third-order valence-corrected chi connectivity index (χ3v) is 7.83. The molecular formula is C22H28NO7P. The maximum atomic E-state index is 14.4. The Bertz CT molecular complexity index is 869. The molecule has 2 aromatic carbocycles. The quantitative estimate of drug-likeness (QED) is 0.565. The van der Waals surface area contributed by atoms with Gasteiger partial charge in [0, 0.05) is 27.9 Å². The van der Waals surface area contributed by atoms with Crippen molar-refractivity contribution in [3.8, 4) is 11.5 Å². The number of hydrogen-bond donors (Lipinski definition) is 0. The van der Waals surface area contributed by atoms with Gasteiger partial charge < -0.3 is 28.0 Å². The monoisotopic (exact) mass is 449 g/mol. The molecule has 2 saturated heterocycles. The van der Waals surface area contributed by atoms with Gasteiger partial charge in [0.1, 0.15) is 35.9 Å². The smallest absolute Gasteiger partial charge is 0.404 e. The maximum Gasteiger partial charge on any atom is 0.518 e. The van der Waals surface area contributed by atoms with E-state index in [1.807, 2.05) is 43.3 Å². The molecular weight excluding hydrogens is 421 g/mol. The highest BCUT2D eigenvalue weighted by atomic mass is 31.2. The summed E-state index contributed by atoms with van der Waals surface area (Å²) in [5.74, 6) is 0.847. The zero-order chi connectivity index (χ0) is 22.1. The Morgan fingerprint density at radius 1 is 0.871 bits per heavy atom. The van der Waals surface area contributed by atoms with Crippen molar-refractivity contribution in [1.29, 1.82) is 0 Å². The van der Waals surface area contributed by atoms with Gasteiger partial charge >= 0.3 is 7.75 Å². The van der Waals surface area contributed by atoms with Crippen LogP contribution in [-0.2, 0) is 23.5 Å². The Labute approximate surface area is 182 Å². The first-order chi connectivity index (χ1) is 14.9. The standard InChI is InChI=1S/C22H28NO7P/c1-22-21(27-4)20(26-3)19(25-2)18(28-22)15-23(22)31(24,29-16-11-7-5-8-12-16)30-17-13-9-6-10-14-17/h5-14,18-21H,15H2,1-4H3/t18-,19+,20+,21-,22-/m0/s1. The van der Waals surface area contributed by atoms with Crippen molar-refractivity contribution in [1.82, 2.24) is 4.67 Å². The number of para-hydroxylation sites is 2. The van der Waals surface area contributed by atoms with Gasteiger partial charge in [-0.1, -0.05) is 36.4 Å². The van der Waals surface area contributed by atoms with Crippen LogP contribution in [0.25, 0.3) is 0 Å². The molecule has 31 heavy (non-hydrogen) atoms. The zero-order valence-corrected chi connectivity index (χ0v) is 18.9. The SMILES string of the molecule is CO[C@@H]1[C@H](OC)[C@@H]2CN(P(=O)(Oc3ccccc3)Oc3ccccc3)[C@@](C)(O2)[C@H]1OC. The van der Waals surface area contributed by atoms with E-state index in [0.29, 0.717) is 11.5 Å². The molecule has 2 aliphatic heterocycles. The Hall–Kier alpha value is -1.93. The summed E-state index contributed by atoms with van der Waals surface area (Å²) in [6, 6.07) is 17.9. The van der Waals surface area contributed by atoms with Crippen LogP contribution in [0.1, 0.15) is 6.92 Å². The second-order valence-corrected chi connectivity index (χ2v) is 9.41. The fourth-order valence-electron chi connectivity index (χ4n) is 4.42. The highest BCUT2D eigenvalue weighted by Gasteiger charge is 2.67. The molecule has 2 aromatic rings. The molecule has 0 spiro atoms. The van der Waals surface area contributed by atoms with E-state index in [1.165, 1.54) is 0 Å². The van der Waals surface area contributed by atoms with Crippen LogP contribution in [0.2, 0.25) is 0 Å². The summed E-state index contributed by atoms with van der Waals surface area (Å²) in [6.07, 6.45) is -1.84. The van der Waals surface area contributed by atoms with Gasteiger partial charge in [-0.2, -0.15) is 4.67 Å². The molecule has 2 fully saturated rings. The van der Waals surface area contributed by atoms with Crippen molar-refractivity contribution < 1.29 is 32.6 Å². The number of hydrogen-bond acceptors (Lipinski definition) is 7. The Morgan fingerprint density at radius 2 is 1.39 bits per heavy atom. The summed E-state index contributed by atoms with van der Waals surface area (Å²) >= 11 is 0. The molecule has 168 valence electrons. The van der Waals surface area contributed by atoms with E-state index in [0.717, 1.165) is 0 Å². The minimum atomic E-state index is -3.95. The molecule has 0 radical (unpaired) electrons. The molecule has 9 heteroatoms. The topological polar surface area (TPSA) is 75.7 Å². The molecule has 2 bridgehead atoms. The van der Waals surface area contributed by atoms with Gasteiger partial charge in [0.05, 0.1) is 0 Å². The zero-order valence-electron chi connectivity index (χ0n) is 18.0. The van der Waals surface area contributed by atoms with Crippen LogP contribution in [0, 0.1) is 0 Å². The van der Waals surface area contributed by atoms with Crippen molar-refractivity contribution in [2.75, 3.05) is 27.9 Å². The molecule has 2 heterocycles. The molecule has 0 N–H and O–H groups in total. The average molecular weight is 449 g/mol. The van der Waals surface area contributed by atoms with Gasteiger partial charge in [0.15, 0.2) is 5.72 Å². The fraction of sp³-hybridized carbons (Fsp3) is 0.455. The van der Waals surface area contributed by atoms with E-state index in [1.54, 1.807) is 50.3 Å². The van der Waals surface area contributed by atoms with Crippen molar-refractivity contribution in [3.63, 3.8) is 0 Å². The van der Waals surface area contributed by atoms with E-state index >= 15 is 0 Å². The molecule has 8 nitrogen and oxygen atoms in total. The normalized spacial score (nSPS) is 30.8. The van der Waals surface area contributed by atoms with Crippen LogP contribution in [0.4, 0.5) is 0 Å². The molecule has 2 aliphatic rings. The first-order valence-corrected chi connectivity index (χ1v) is 11.6. The maximum absolute atomic E-state index is 14.4. The third kappa shape index (κ3) is 4.00. The largest absolute Gasteiger partial charge is 0.518 e. The van der Waals surface area contributed by atoms with Gasteiger partial charge in [-0.15, -0.1) is 0 Å². The van der Waals surface area contributed by atoms with E-state index in [9.17, 15) is 4.57 Å². The minimum absolute atomic E-state index is 0.256. The summed E-state index contributed by atoms with van der Waals surface area (Å²) in [5, 5.41) is 0. The number of methoxy groups -OCH3 is 3. The third-order valence-electron chi connectivity index (χ3n) is 5.79. The van der Waals surface area contributed by atoms with Crippen LogP contribution in [0.3, 0.4) is 0 Å². The van der Waals surface area contributed by atoms with Crippen LogP contribution < -0.4 is 9.05 Å². The van der Waals surface area contributed by atoms with Crippen molar-refractivity contribution in [2.45, 2.75) is 37.1 Å². The van der Waals surface area contributed by atoms with Crippen molar-refractivity contribution in [3.05, 3.63) is 60.7 Å². The second kappa shape index (κ2) is 8.90. The Morgan fingerprint density at radius 3 is 1.84 bits per heavy atom. The van der Waals surface area contributed by atoms with Crippen molar-refractivity contribution >= 4 is 7.75 Å². The lowest BCUT2D eigenvalue weighted by Gasteiger charge is -2.47. The molecule has 4 rings (SSSR count). The van der Waals surface area contributed by atoms with Crippen LogP contribution in [-0.4, -0.2) is 62.7 Å². The van der Waals surface area contributed by atoms with Gasteiger partial charge in [0.25, 0.3) is 0 Å². The highest BCUT2D eigenvalue weighted by molar-refractivity contribution is 7.52. The Kier molecular flexibility index (Phi) is 6.40. The first kappa shape index (κ1) is 22.3. The molecule has 0 aliphatic carbocycles. The molecule has 0 unspecified atom stereocenters. The minimum Gasteiger partial charge on any atom is -0.404 e. The second-order valence-electron chi connectivity index (χ2n) is 7.63.